The number of aromatic nitrogens is 3. The van der Waals surface area contributed by atoms with E-state index in [-0.39, 0.29) is 11.7 Å². The number of benzene rings is 1. The van der Waals surface area contributed by atoms with Crippen LogP contribution in [0.4, 0.5) is 4.39 Å². The molecule has 0 spiro atoms. The molecular formula is C12H8FN3O. The first kappa shape index (κ1) is 9.77. The Labute approximate surface area is 95.7 Å². The van der Waals surface area contributed by atoms with E-state index in [2.05, 4.69) is 15.2 Å². The highest BCUT2D eigenvalue weighted by atomic mass is 19.1. The summed E-state index contributed by atoms with van der Waals surface area (Å²) in [4.78, 5) is 3.98. The highest BCUT2D eigenvalue weighted by Crippen LogP contribution is 2.26. The maximum atomic E-state index is 13.1. The molecule has 2 aromatic heterocycles. The highest BCUT2D eigenvalue weighted by Gasteiger charge is 2.10. The molecule has 0 aliphatic carbocycles. The van der Waals surface area contributed by atoms with Crippen molar-refractivity contribution in [2.24, 2.45) is 0 Å². The number of halogens is 1. The summed E-state index contributed by atoms with van der Waals surface area (Å²) >= 11 is 0. The van der Waals surface area contributed by atoms with Crippen molar-refractivity contribution in [1.29, 1.82) is 0 Å². The van der Waals surface area contributed by atoms with E-state index in [0.29, 0.717) is 22.3 Å². The largest absolute Gasteiger partial charge is 0.493 e. The van der Waals surface area contributed by atoms with Gasteiger partial charge in [-0.15, -0.1) is 0 Å². The molecule has 4 nitrogen and oxygen atoms in total. The van der Waals surface area contributed by atoms with Gasteiger partial charge in [-0.05, 0) is 18.2 Å². The molecule has 0 fully saturated rings. The van der Waals surface area contributed by atoms with E-state index in [1.807, 2.05) is 0 Å². The van der Waals surface area contributed by atoms with E-state index in [1.54, 1.807) is 18.2 Å². The average Bonchev–Trinajstić information content (AvgIpc) is 2.71. The number of H-pyrrole nitrogens is 1. The number of rotatable bonds is 1. The fourth-order valence-corrected chi connectivity index (χ4v) is 1.73. The summed E-state index contributed by atoms with van der Waals surface area (Å²) < 4.78 is 13.1. The lowest BCUT2D eigenvalue weighted by atomic mass is 10.1. The quantitative estimate of drug-likeness (QED) is 0.673. The van der Waals surface area contributed by atoms with Crippen molar-refractivity contribution in [2.75, 3.05) is 0 Å². The van der Waals surface area contributed by atoms with Crippen molar-refractivity contribution in [3.05, 3.63) is 42.2 Å². The zero-order chi connectivity index (χ0) is 11.8. The van der Waals surface area contributed by atoms with Gasteiger partial charge >= 0.3 is 0 Å². The first-order valence-corrected chi connectivity index (χ1v) is 5.04. The van der Waals surface area contributed by atoms with E-state index in [1.165, 1.54) is 18.2 Å². The van der Waals surface area contributed by atoms with Crippen molar-refractivity contribution in [3.8, 4) is 17.1 Å². The van der Waals surface area contributed by atoms with Crippen molar-refractivity contribution in [1.82, 2.24) is 15.2 Å². The third-order valence-electron chi connectivity index (χ3n) is 2.49. The molecule has 5 heteroatoms. The lowest BCUT2D eigenvalue weighted by Gasteiger charge is -1.97. The van der Waals surface area contributed by atoms with Crippen LogP contribution in [0, 0.1) is 5.82 Å². The van der Waals surface area contributed by atoms with Crippen LogP contribution in [0.5, 0.6) is 5.88 Å². The molecule has 3 rings (SSSR count). The Morgan fingerprint density at radius 1 is 1.18 bits per heavy atom. The van der Waals surface area contributed by atoms with Gasteiger partial charge in [0.25, 0.3) is 0 Å². The molecule has 2 N–H and O–H groups in total. The molecule has 0 bridgehead atoms. The molecule has 17 heavy (non-hydrogen) atoms. The molecule has 3 aromatic rings. The summed E-state index contributed by atoms with van der Waals surface area (Å²) in [7, 11) is 0. The smallest absolute Gasteiger partial charge is 0.211 e. The zero-order valence-corrected chi connectivity index (χ0v) is 8.68. The van der Waals surface area contributed by atoms with Crippen molar-refractivity contribution < 1.29 is 9.50 Å². The summed E-state index contributed by atoms with van der Waals surface area (Å²) in [6.45, 7) is 0. The molecule has 0 amide bonds. The molecule has 0 aliphatic rings. The SMILES string of the molecule is Oc1ccc2[nH]nc(-c3cccc(F)c3)c2n1. The second-order valence-electron chi connectivity index (χ2n) is 3.65. The highest BCUT2D eigenvalue weighted by molar-refractivity contribution is 5.89. The number of aromatic hydroxyl groups is 1. The molecule has 0 atom stereocenters. The standard InChI is InChI=1S/C12H8FN3O/c13-8-3-1-2-7(6-8)11-12-9(15-16-11)4-5-10(17)14-12/h1-6H,(H,14,17)(H,15,16). The van der Waals surface area contributed by atoms with Gasteiger partial charge in [0.2, 0.25) is 5.88 Å². The number of nitrogens with zero attached hydrogens (tertiary/aromatic N) is 2. The van der Waals surface area contributed by atoms with Crippen LogP contribution in [0.3, 0.4) is 0 Å². The van der Waals surface area contributed by atoms with Gasteiger partial charge in [0.05, 0.1) is 5.52 Å². The molecule has 2 heterocycles. The predicted octanol–water partition coefficient (Wildman–Crippen LogP) is 2.47. The first-order valence-electron chi connectivity index (χ1n) is 5.04. The fourth-order valence-electron chi connectivity index (χ4n) is 1.73. The van der Waals surface area contributed by atoms with E-state index in [4.69, 9.17) is 0 Å². The van der Waals surface area contributed by atoms with Crippen LogP contribution in [0.15, 0.2) is 36.4 Å². The summed E-state index contributed by atoms with van der Waals surface area (Å²) in [5, 5.41) is 16.2. The van der Waals surface area contributed by atoms with E-state index < -0.39 is 0 Å². The van der Waals surface area contributed by atoms with Gasteiger partial charge in [0, 0.05) is 11.6 Å². The van der Waals surface area contributed by atoms with Gasteiger partial charge in [-0.25, -0.2) is 9.37 Å². The predicted molar refractivity (Wildman–Crippen MR) is 60.9 cm³/mol. The minimum Gasteiger partial charge on any atom is -0.493 e. The monoisotopic (exact) mass is 229 g/mol. The van der Waals surface area contributed by atoms with E-state index >= 15 is 0 Å². The molecule has 0 saturated heterocycles. The molecule has 1 aromatic carbocycles. The van der Waals surface area contributed by atoms with E-state index in [0.717, 1.165) is 0 Å². The Bertz CT molecular complexity index is 693. The van der Waals surface area contributed by atoms with Gasteiger partial charge in [-0.1, -0.05) is 12.1 Å². The van der Waals surface area contributed by atoms with Gasteiger partial charge < -0.3 is 5.11 Å². The van der Waals surface area contributed by atoms with Crippen LogP contribution < -0.4 is 0 Å². The molecular weight excluding hydrogens is 221 g/mol. The number of aromatic amines is 1. The second-order valence-corrected chi connectivity index (χ2v) is 3.65. The van der Waals surface area contributed by atoms with Crippen LogP contribution in [-0.2, 0) is 0 Å². The molecule has 0 unspecified atom stereocenters. The summed E-state index contributed by atoms with van der Waals surface area (Å²) in [5.41, 5.74) is 2.36. The van der Waals surface area contributed by atoms with Crippen LogP contribution in [-0.4, -0.2) is 20.3 Å². The third-order valence-corrected chi connectivity index (χ3v) is 2.49. The normalized spacial score (nSPS) is 10.9. The lowest BCUT2D eigenvalue weighted by Crippen LogP contribution is -1.82. The number of hydrogen-bond donors (Lipinski definition) is 2. The minimum atomic E-state index is -0.334. The van der Waals surface area contributed by atoms with Crippen molar-refractivity contribution >= 4 is 11.0 Å². The first-order chi connectivity index (χ1) is 8.24. The van der Waals surface area contributed by atoms with Gasteiger partial charge in [0.15, 0.2) is 0 Å². The van der Waals surface area contributed by atoms with Crippen molar-refractivity contribution in [3.63, 3.8) is 0 Å². The summed E-state index contributed by atoms with van der Waals surface area (Å²) in [6, 6.07) is 9.23. The van der Waals surface area contributed by atoms with Crippen LogP contribution >= 0.6 is 0 Å². The number of hydrogen-bond acceptors (Lipinski definition) is 3. The lowest BCUT2D eigenvalue weighted by molar-refractivity contribution is 0.456. The van der Waals surface area contributed by atoms with Gasteiger partial charge in [-0.2, -0.15) is 5.10 Å². The summed E-state index contributed by atoms with van der Waals surface area (Å²) in [5.74, 6) is -0.421. The van der Waals surface area contributed by atoms with Crippen LogP contribution in [0.2, 0.25) is 0 Å². The maximum Gasteiger partial charge on any atom is 0.211 e. The molecule has 0 aliphatic heterocycles. The van der Waals surface area contributed by atoms with Gasteiger partial charge in [0.1, 0.15) is 17.0 Å². The Morgan fingerprint density at radius 3 is 2.88 bits per heavy atom. The number of nitrogens with one attached hydrogen (secondary N) is 1. The molecule has 0 radical (unpaired) electrons. The third kappa shape index (κ3) is 1.61. The minimum absolute atomic E-state index is 0.0865. The Morgan fingerprint density at radius 2 is 2.06 bits per heavy atom. The summed E-state index contributed by atoms with van der Waals surface area (Å²) in [6.07, 6.45) is 0. The number of pyridine rings is 1. The second kappa shape index (κ2) is 3.55. The van der Waals surface area contributed by atoms with Crippen molar-refractivity contribution in [2.45, 2.75) is 0 Å². The topological polar surface area (TPSA) is 61.8 Å². The Hall–Kier alpha value is -2.43. The fraction of sp³-hybridized carbons (Fsp3) is 0. The van der Waals surface area contributed by atoms with Crippen LogP contribution in [0.1, 0.15) is 0 Å². The molecule has 84 valence electrons. The zero-order valence-electron chi connectivity index (χ0n) is 8.68. The van der Waals surface area contributed by atoms with Crippen LogP contribution in [0.25, 0.3) is 22.3 Å². The van der Waals surface area contributed by atoms with E-state index in [9.17, 15) is 9.50 Å². The maximum absolute atomic E-state index is 13.1. The Kier molecular flexibility index (Phi) is 2.04. The van der Waals surface area contributed by atoms with Gasteiger partial charge in [-0.3, -0.25) is 5.10 Å². The Balaban J connectivity index is 2.27. The number of fused-ring (bicyclic) bond motifs is 1. The molecule has 0 saturated carbocycles. The average molecular weight is 229 g/mol.